The third-order valence-electron chi connectivity index (χ3n) is 5.15. The number of amides is 1. The molecule has 2 aromatic carbocycles. The van der Waals surface area contributed by atoms with Crippen LogP contribution < -0.4 is 5.43 Å². The molecule has 0 spiro atoms. The molecule has 0 bridgehead atoms. The van der Waals surface area contributed by atoms with Crippen molar-refractivity contribution in [2.75, 3.05) is 0 Å². The molecule has 6 heteroatoms. The van der Waals surface area contributed by atoms with Gasteiger partial charge in [-0.15, -0.1) is 0 Å². The Balaban J connectivity index is 2.14. The van der Waals surface area contributed by atoms with Crippen molar-refractivity contribution in [3.8, 4) is 0 Å². The van der Waals surface area contributed by atoms with Gasteiger partial charge in [0.15, 0.2) is 6.04 Å². The zero-order valence-electron chi connectivity index (χ0n) is 15.9. The highest BCUT2D eigenvalue weighted by Gasteiger charge is 2.53. The van der Waals surface area contributed by atoms with Gasteiger partial charge in [-0.25, -0.2) is 0 Å². The van der Waals surface area contributed by atoms with Gasteiger partial charge in [-0.2, -0.15) is 18.2 Å². The molecule has 3 nitrogen and oxygen atoms in total. The van der Waals surface area contributed by atoms with Crippen LogP contribution in [-0.2, 0) is 11.2 Å². The van der Waals surface area contributed by atoms with Crippen LogP contribution >= 0.6 is 0 Å². The van der Waals surface area contributed by atoms with Crippen molar-refractivity contribution in [3.63, 3.8) is 0 Å². The Hall–Kier alpha value is -2.08. The molecule has 1 heterocycles. The van der Waals surface area contributed by atoms with E-state index in [1.165, 1.54) is 6.07 Å². The van der Waals surface area contributed by atoms with E-state index in [2.05, 4.69) is 12.3 Å². The largest absolute Gasteiger partial charge is 0.409 e. The van der Waals surface area contributed by atoms with Crippen molar-refractivity contribution < 1.29 is 18.0 Å². The summed E-state index contributed by atoms with van der Waals surface area (Å²) >= 11 is 0. The Bertz CT molecular complexity index is 845. The lowest BCUT2D eigenvalue weighted by atomic mass is 9.92. The first-order valence-electron chi connectivity index (χ1n) is 9.30. The predicted octanol–water partition coefficient (Wildman–Crippen LogP) is 5.30. The van der Waals surface area contributed by atoms with Crippen LogP contribution in [0.2, 0.25) is 0 Å². The first-order valence-corrected chi connectivity index (χ1v) is 9.30. The second-order valence-electron chi connectivity index (χ2n) is 7.84. The predicted molar refractivity (Wildman–Crippen MR) is 100 cm³/mol. The second kappa shape index (κ2) is 7.15. The Morgan fingerprint density at radius 2 is 1.96 bits per heavy atom. The van der Waals surface area contributed by atoms with E-state index >= 15 is 0 Å². The number of hydrazine groups is 1. The van der Waals surface area contributed by atoms with E-state index in [-0.39, 0.29) is 12.0 Å². The summed E-state index contributed by atoms with van der Waals surface area (Å²) in [4.78, 5) is 11.8. The van der Waals surface area contributed by atoms with Gasteiger partial charge in [0.05, 0.1) is 0 Å². The number of fused-ring (bicyclic) bond motifs is 1. The molecule has 0 unspecified atom stereocenters. The molecule has 1 amide bonds. The van der Waals surface area contributed by atoms with E-state index in [0.717, 1.165) is 35.2 Å². The molecular weight excluding hydrogens is 353 g/mol. The number of carbonyl (C=O) groups excluding carboxylic acids is 1. The van der Waals surface area contributed by atoms with Gasteiger partial charge >= 0.3 is 6.18 Å². The Kier molecular flexibility index (Phi) is 5.21. The smallest absolute Gasteiger partial charge is 0.287 e. The average Bonchev–Trinajstić information content (AvgIpc) is 2.84. The van der Waals surface area contributed by atoms with Crippen LogP contribution in [0.1, 0.15) is 57.2 Å². The quantitative estimate of drug-likeness (QED) is 0.766. The average molecular weight is 378 g/mol. The van der Waals surface area contributed by atoms with Gasteiger partial charge in [-0.1, -0.05) is 49.7 Å². The van der Waals surface area contributed by atoms with Crippen LogP contribution in [-0.4, -0.2) is 22.6 Å². The first kappa shape index (κ1) is 19.7. The molecule has 1 saturated heterocycles. The normalized spacial score (nSPS) is 18.7. The second-order valence-corrected chi connectivity index (χ2v) is 7.84. The highest BCUT2D eigenvalue weighted by atomic mass is 19.4. The van der Waals surface area contributed by atoms with Crippen LogP contribution in [0, 0.1) is 0 Å². The molecule has 1 atom stereocenters. The van der Waals surface area contributed by atoms with Gasteiger partial charge in [0.2, 0.25) is 5.91 Å². The molecule has 1 fully saturated rings. The fourth-order valence-corrected chi connectivity index (χ4v) is 3.80. The molecule has 146 valence electrons. The molecule has 2 aromatic rings. The zero-order valence-corrected chi connectivity index (χ0v) is 15.9. The molecule has 0 aliphatic carbocycles. The lowest BCUT2D eigenvalue weighted by molar-refractivity contribution is -0.203. The van der Waals surface area contributed by atoms with Crippen molar-refractivity contribution in [2.24, 2.45) is 0 Å². The lowest BCUT2D eigenvalue weighted by Crippen LogP contribution is -2.51. The number of hydrogen-bond donors (Lipinski definition) is 1. The van der Waals surface area contributed by atoms with Crippen molar-refractivity contribution >= 4 is 16.7 Å². The summed E-state index contributed by atoms with van der Waals surface area (Å²) in [5.41, 5.74) is 2.71. The summed E-state index contributed by atoms with van der Waals surface area (Å²) in [7, 11) is 0. The number of halogens is 3. The van der Waals surface area contributed by atoms with E-state index in [0.29, 0.717) is 5.39 Å². The maximum absolute atomic E-state index is 14.2. The molecule has 3 rings (SSSR count). The van der Waals surface area contributed by atoms with Crippen LogP contribution in [0.25, 0.3) is 10.8 Å². The molecule has 27 heavy (non-hydrogen) atoms. The minimum atomic E-state index is -4.53. The lowest BCUT2D eigenvalue weighted by Gasteiger charge is -2.38. The summed E-state index contributed by atoms with van der Waals surface area (Å²) in [5.74, 6) is -0.391. The number of aryl methyl sites for hydroxylation is 1. The fourth-order valence-electron chi connectivity index (χ4n) is 3.80. The fraction of sp³-hybridized carbons (Fsp3) is 0.476. The Morgan fingerprint density at radius 3 is 2.56 bits per heavy atom. The highest BCUT2D eigenvalue weighted by molar-refractivity contribution is 5.87. The highest BCUT2D eigenvalue weighted by Crippen LogP contribution is 2.44. The van der Waals surface area contributed by atoms with Gasteiger partial charge in [0.1, 0.15) is 0 Å². The van der Waals surface area contributed by atoms with Crippen molar-refractivity contribution in [1.29, 1.82) is 0 Å². The zero-order chi connectivity index (χ0) is 19.8. The SMILES string of the molecule is CCCCc1ccc2cccc([C@H](N3NC(=O)CC3(C)C)C(F)(F)F)c2c1. The number of rotatable bonds is 5. The minimum Gasteiger partial charge on any atom is -0.287 e. The van der Waals surface area contributed by atoms with Crippen LogP contribution in [0.4, 0.5) is 13.2 Å². The third kappa shape index (κ3) is 3.95. The van der Waals surface area contributed by atoms with Crippen molar-refractivity contribution in [3.05, 3.63) is 47.5 Å². The van der Waals surface area contributed by atoms with Crippen LogP contribution in [0.15, 0.2) is 36.4 Å². The van der Waals surface area contributed by atoms with E-state index in [4.69, 9.17) is 0 Å². The first-order chi connectivity index (χ1) is 12.6. The van der Waals surface area contributed by atoms with Gasteiger partial charge in [-0.05, 0) is 48.6 Å². The number of carbonyl (C=O) groups is 1. The number of nitrogens with one attached hydrogen (secondary N) is 1. The minimum absolute atomic E-state index is 0.0338. The van der Waals surface area contributed by atoms with E-state index in [9.17, 15) is 18.0 Å². The van der Waals surface area contributed by atoms with Crippen LogP contribution in [0.3, 0.4) is 0 Å². The molecule has 0 aromatic heterocycles. The van der Waals surface area contributed by atoms with E-state index in [1.54, 1.807) is 19.9 Å². The molecule has 1 aliphatic heterocycles. The summed E-state index contributed by atoms with van der Waals surface area (Å²) in [6, 6.07) is 8.81. The van der Waals surface area contributed by atoms with Crippen molar-refractivity contribution in [1.82, 2.24) is 10.4 Å². The summed E-state index contributed by atoms with van der Waals surface area (Å²) < 4.78 is 42.5. The van der Waals surface area contributed by atoms with Gasteiger partial charge in [-0.3, -0.25) is 10.2 Å². The van der Waals surface area contributed by atoms with Crippen molar-refractivity contribution in [2.45, 2.75) is 64.2 Å². The number of nitrogens with zero attached hydrogens (tertiary/aromatic N) is 1. The molecule has 1 aliphatic rings. The number of unbranched alkanes of at least 4 members (excludes halogenated alkanes) is 1. The topological polar surface area (TPSA) is 32.3 Å². The summed E-state index contributed by atoms with van der Waals surface area (Å²) in [5, 5.41) is 2.43. The Morgan fingerprint density at radius 1 is 1.22 bits per heavy atom. The van der Waals surface area contributed by atoms with Crippen LogP contribution in [0.5, 0.6) is 0 Å². The van der Waals surface area contributed by atoms with E-state index in [1.807, 2.05) is 24.3 Å². The number of alkyl halides is 3. The number of hydrogen-bond acceptors (Lipinski definition) is 2. The monoisotopic (exact) mass is 378 g/mol. The van der Waals surface area contributed by atoms with Gasteiger partial charge < -0.3 is 0 Å². The maximum Gasteiger partial charge on any atom is 0.409 e. The molecular formula is C21H25F3N2O. The van der Waals surface area contributed by atoms with E-state index < -0.39 is 23.7 Å². The molecule has 0 radical (unpaired) electrons. The third-order valence-corrected chi connectivity index (χ3v) is 5.15. The molecule has 0 saturated carbocycles. The number of benzene rings is 2. The maximum atomic E-state index is 14.2. The summed E-state index contributed by atoms with van der Waals surface area (Å²) in [6.45, 7) is 5.40. The van der Waals surface area contributed by atoms with Gasteiger partial charge in [0, 0.05) is 12.0 Å². The standard InChI is InChI=1S/C21H25F3N2O/c1-4-5-7-14-10-11-15-8-6-9-16(17(15)12-14)19(21(22,23)24)26-20(2,3)13-18(27)25-26/h6,8-12,19H,4-5,7,13H2,1-3H3,(H,25,27)/t19-/m0/s1. The van der Waals surface area contributed by atoms with Gasteiger partial charge in [0.25, 0.3) is 0 Å². The molecule has 1 N–H and O–H groups in total. The Labute approximate surface area is 157 Å². The summed E-state index contributed by atoms with van der Waals surface area (Å²) in [6.07, 6.45) is -1.64.